The van der Waals surface area contributed by atoms with E-state index in [0.717, 1.165) is 25.9 Å². The molecule has 0 bridgehead atoms. The minimum atomic E-state index is -0.397. The highest BCUT2D eigenvalue weighted by atomic mass is 16.5. The summed E-state index contributed by atoms with van der Waals surface area (Å²) in [6.45, 7) is 4.12. The van der Waals surface area contributed by atoms with Gasteiger partial charge < -0.3 is 15.0 Å². The van der Waals surface area contributed by atoms with Gasteiger partial charge in [-0.1, -0.05) is 30.3 Å². The summed E-state index contributed by atoms with van der Waals surface area (Å²) < 4.78 is 4.97. The maximum atomic E-state index is 11.7. The fourth-order valence-corrected chi connectivity index (χ4v) is 3.17. The maximum absolute atomic E-state index is 11.7. The van der Waals surface area contributed by atoms with Gasteiger partial charge in [-0.2, -0.15) is 0 Å². The Labute approximate surface area is 148 Å². The predicted molar refractivity (Wildman–Crippen MR) is 96.5 cm³/mol. The molecule has 0 atom stereocenters. The Bertz CT molecular complexity index is 695. The SMILES string of the molecule is CCOC(=O)c1cnc(NC2(c3ccccc3)CCN(C)CC2)nc1. The average Bonchev–Trinajstić information content (AvgIpc) is 2.65. The van der Waals surface area contributed by atoms with Crippen molar-refractivity contribution >= 4 is 11.9 Å². The number of benzene rings is 1. The second kappa shape index (κ2) is 7.61. The first-order valence-corrected chi connectivity index (χ1v) is 8.64. The Morgan fingerprint density at radius 3 is 2.44 bits per heavy atom. The van der Waals surface area contributed by atoms with Crippen molar-refractivity contribution in [1.29, 1.82) is 0 Å². The topological polar surface area (TPSA) is 67.3 Å². The number of likely N-dealkylation sites (tertiary alicyclic amines) is 1. The van der Waals surface area contributed by atoms with Crippen molar-refractivity contribution in [2.75, 3.05) is 32.1 Å². The van der Waals surface area contributed by atoms with Crippen LogP contribution < -0.4 is 5.32 Å². The van der Waals surface area contributed by atoms with Crippen molar-refractivity contribution in [3.63, 3.8) is 0 Å². The number of esters is 1. The van der Waals surface area contributed by atoms with E-state index >= 15 is 0 Å². The fourth-order valence-electron chi connectivity index (χ4n) is 3.17. The minimum Gasteiger partial charge on any atom is -0.462 e. The van der Waals surface area contributed by atoms with Crippen molar-refractivity contribution in [2.45, 2.75) is 25.3 Å². The lowest BCUT2D eigenvalue weighted by atomic mass is 9.81. The van der Waals surface area contributed by atoms with Crippen LogP contribution in [-0.4, -0.2) is 47.6 Å². The minimum absolute atomic E-state index is 0.195. The molecule has 1 saturated heterocycles. The van der Waals surface area contributed by atoms with Crippen LogP contribution in [0.3, 0.4) is 0 Å². The molecule has 0 amide bonds. The average molecular weight is 340 g/mol. The zero-order valence-corrected chi connectivity index (χ0v) is 14.7. The molecule has 1 aromatic carbocycles. The molecule has 132 valence electrons. The molecule has 1 N–H and O–H groups in total. The van der Waals surface area contributed by atoms with Gasteiger partial charge in [0.05, 0.1) is 17.7 Å². The summed E-state index contributed by atoms with van der Waals surface area (Å²) in [5, 5.41) is 3.53. The summed E-state index contributed by atoms with van der Waals surface area (Å²) in [5.74, 6) is 0.132. The van der Waals surface area contributed by atoms with Crippen molar-refractivity contribution in [3.8, 4) is 0 Å². The van der Waals surface area contributed by atoms with Crippen molar-refractivity contribution in [2.24, 2.45) is 0 Å². The number of hydrogen-bond donors (Lipinski definition) is 1. The van der Waals surface area contributed by atoms with Gasteiger partial charge in [0.2, 0.25) is 5.95 Å². The van der Waals surface area contributed by atoms with Gasteiger partial charge in [0.15, 0.2) is 0 Å². The second-order valence-corrected chi connectivity index (χ2v) is 6.39. The Morgan fingerprint density at radius 2 is 1.84 bits per heavy atom. The molecule has 1 fully saturated rings. The number of piperidine rings is 1. The number of carbonyl (C=O) groups excluding carboxylic acids is 1. The van der Waals surface area contributed by atoms with Crippen LogP contribution in [0.4, 0.5) is 5.95 Å². The molecule has 0 aliphatic carbocycles. The van der Waals surface area contributed by atoms with Crippen LogP contribution in [0.25, 0.3) is 0 Å². The van der Waals surface area contributed by atoms with Crippen LogP contribution in [0.15, 0.2) is 42.7 Å². The summed E-state index contributed by atoms with van der Waals surface area (Å²) in [6.07, 6.45) is 4.97. The lowest BCUT2D eigenvalue weighted by Crippen LogP contribution is -2.46. The highest BCUT2D eigenvalue weighted by Crippen LogP contribution is 2.35. The molecule has 6 heteroatoms. The number of ether oxygens (including phenoxy) is 1. The predicted octanol–water partition coefficient (Wildman–Crippen LogP) is 2.69. The van der Waals surface area contributed by atoms with Gasteiger partial charge in [-0.25, -0.2) is 14.8 Å². The van der Waals surface area contributed by atoms with Crippen molar-refractivity contribution in [3.05, 3.63) is 53.9 Å². The molecule has 1 aliphatic rings. The molecule has 0 radical (unpaired) electrons. The summed E-state index contributed by atoms with van der Waals surface area (Å²) in [7, 11) is 2.14. The summed E-state index contributed by atoms with van der Waals surface area (Å²) >= 11 is 0. The van der Waals surface area contributed by atoms with E-state index in [-0.39, 0.29) is 5.54 Å². The quantitative estimate of drug-likeness (QED) is 0.844. The lowest BCUT2D eigenvalue weighted by Gasteiger charge is -2.41. The summed E-state index contributed by atoms with van der Waals surface area (Å²) in [6, 6.07) is 10.4. The molecule has 0 unspecified atom stereocenters. The molecule has 0 spiro atoms. The smallest absolute Gasteiger partial charge is 0.341 e. The van der Waals surface area contributed by atoms with E-state index in [4.69, 9.17) is 4.74 Å². The van der Waals surface area contributed by atoms with Crippen molar-refractivity contribution in [1.82, 2.24) is 14.9 Å². The number of hydrogen-bond acceptors (Lipinski definition) is 6. The number of nitrogens with one attached hydrogen (secondary N) is 1. The Kier molecular flexibility index (Phi) is 5.28. The van der Waals surface area contributed by atoms with E-state index in [0.29, 0.717) is 18.1 Å². The summed E-state index contributed by atoms with van der Waals surface area (Å²) in [5.41, 5.74) is 1.41. The highest BCUT2D eigenvalue weighted by Gasteiger charge is 2.36. The molecular weight excluding hydrogens is 316 g/mol. The maximum Gasteiger partial charge on any atom is 0.341 e. The Hall–Kier alpha value is -2.47. The van der Waals surface area contributed by atoms with E-state index in [1.807, 2.05) is 6.07 Å². The number of anilines is 1. The lowest BCUT2D eigenvalue weighted by molar-refractivity contribution is 0.0525. The third-order valence-electron chi connectivity index (χ3n) is 4.68. The van der Waals surface area contributed by atoms with Crippen molar-refractivity contribution < 1.29 is 9.53 Å². The monoisotopic (exact) mass is 340 g/mol. The number of carbonyl (C=O) groups is 1. The molecule has 1 aromatic heterocycles. The molecule has 25 heavy (non-hydrogen) atoms. The molecule has 0 saturated carbocycles. The number of rotatable bonds is 5. The first-order chi connectivity index (χ1) is 12.1. The van der Waals surface area contributed by atoms with E-state index in [1.165, 1.54) is 18.0 Å². The Balaban J connectivity index is 1.82. The van der Waals surface area contributed by atoms with Gasteiger partial charge >= 0.3 is 5.97 Å². The van der Waals surface area contributed by atoms with Crippen LogP contribution >= 0.6 is 0 Å². The van der Waals surface area contributed by atoms with E-state index < -0.39 is 5.97 Å². The molecule has 2 aromatic rings. The van der Waals surface area contributed by atoms with Gasteiger partial charge in [-0.15, -0.1) is 0 Å². The number of aromatic nitrogens is 2. The first-order valence-electron chi connectivity index (χ1n) is 8.64. The van der Waals surface area contributed by atoms with E-state index in [2.05, 4.69) is 51.5 Å². The zero-order valence-electron chi connectivity index (χ0n) is 14.7. The second-order valence-electron chi connectivity index (χ2n) is 6.39. The molecule has 3 rings (SSSR count). The van der Waals surface area contributed by atoms with Crippen LogP contribution in [-0.2, 0) is 10.3 Å². The van der Waals surface area contributed by atoms with Gasteiger partial charge in [0.1, 0.15) is 0 Å². The molecule has 6 nitrogen and oxygen atoms in total. The van der Waals surface area contributed by atoms with E-state index in [1.54, 1.807) is 6.92 Å². The molecule has 2 heterocycles. The zero-order chi connectivity index (χ0) is 17.7. The Morgan fingerprint density at radius 1 is 1.20 bits per heavy atom. The van der Waals surface area contributed by atoms with Crippen LogP contribution in [0.2, 0.25) is 0 Å². The summed E-state index contributed by atoms with van der Waals surface area (Å²) in [4.78, 5) is 22.7. The van der Waals surface area contributed by atoms with Gasteiger partial charge in [-0.05, 0) is 32.4 Å². The van der Waals surface area contributed by atoms with Gasteiger partial charge in [-0.3, -0.25) is 0 Å². The van der Waals surface area contributed by atoms with Gasteiger partial charge in [0.25, 0.3) is 0 Å². The third kappa shape index (κ3) is 3.96. The first kappa shape index (κ1) is 17.4. The largest absolute Gasteiger partial charge is 0.462 e. The van der Waals surface area contributed by atoms with Gasteiger partial charge in [0, 0.05) is 25.5 Å². The highest BCUT2D eigenvalue weighted by molar-refractivity contribution is 5.88. The molecule has 1 aliphatic heterocycles. The third-order valence-corrected chi connectivity index (χ3v) is 4.68. The van der Waals surface area contributed by atoms with E-state index in [9.17, 15) is 4.79 Å². The fraction of sp³-hybridized carbons (Fsp3) is 0.421. The van der Waals surface area contributed by atoms with Crippen LogP contribution in [0, 0.1) is 0 Å². The number of nitrogens with zero attached hydrogens (tertiary/aromatic N) is 3. The van der Waals surface area contributed by atoms with Crippen LogP contribution in [0.5, 0.6) is 0 Å². The normalized spacial score (nSPS) is 17.0. The molecular formula is C19H24N4O2. The standard InChI is InChI=1S/C19H24N4O2/c1-3-25-17(24)15-13-20-18(21-14-15)22-19(9-11-23(2)12-10-19)16-7-5-4-6-8-16/h4-8,13-14H,3,9-12H2,1-2H3,(H,20,21,22). The van der Waals surface area contributed by atoms with Crippen LogP contribution in [0.1, 0.15) is 35.7 Å².